The molecule has 0 unspecified atom stereocenters. The molecule has 1 aliphatic rings. The molecule has 8 nitrogen and oxygen atoms in total. The smallest absolute Gasteiger partial charge is 0.296 e. The molecule has 0 spiro atoms. The largest absolute Gasteiger partial charge is 0.311 e. The summed E-state index contributed by atoms with van der Waals surface area (Å²) in [5.74, 6) is 1.01. The van der Waals surface area contributed by atoms with Crippen LogP contribution >= 0.6 is 0 Å². The molecule has 0 saturated heterocycles. The summed E-state index contributed by atoms with van der Waals surface area (Å²) < 4.78 is 3.75. The molecule has 1 saturated carbocycles. The highest BCUT2D eigenvalue weighted by Gasteiger charge is 2.28. The standard InChI is InChI=1S/C23H23N7O/c1-16(2)29-15-26-27-22(29)18-6-5-7-19(12-18)30(23(31)20-8-3-4-11-24-20)28-13-21(25-14-28)17-9-10-17/h3-8,11-17H,9-10H2,1-2H3. The van der Waals surface area contributed by atoms with Crippen molar-refractivity contribution in [1.82, 2.24) is 29.4 Å². The lowest BCUT2D eigenvalue weighted by Crippen LogP contribution is -2.35. The van der Waals surface area contributed by atoms with Crippen LogP contribution in [0.4, 0.5) is 5.69 Å². The van der Waals surface area contributed by atoms with Crippen molar-refractivity contribution in [3.05, 3.63) is 78.9 Å². The molecule has 1 amide bonds. The number of carbonyl (C=O) groups excluding carboxylic acids is 1. The molecule has 8 heteroatoms. The quantitative estimate of drug-likeness (QED) is 0.475. The lowest BCUT2D eigenvalue weighted by molar-refractivity contribution is 0.0971. The molecule has 0 N–H and O–H groups in total. The summed E-state index contributed by atoms with van der Waals surface area (Å²) in [5, 5.41) is 9.97. The van der Waals surface area contributed by atoms with Gasteiger partial charge in [-0.1, -0.05) is 18.2 Å². The molecule has 3 heterocycles. The molecule has 1 aliphatic carbocycles. The van der Waals surface area contributed by atoms with E-state index in [2.05, 4.69) is 34.0 Å². The molecule has 3 aromatic heterocycles. The minimum Gasteiger partial charge on any atom is -0.311 e. The van der Waals surface area contributed by atoms with Crippen LogP contribution in [0, 0.1) is 0 Å². The average molecular weight is 413 g/mol. The minimum absolute atomic E-state index is 0.217. The van der Waals surface area contributed by atoms with Gasteiger partial charge in [0.05, 0.1) is 17.6 Å². The summed E-state index contributed by atoms with van der Waals surface area (Å²) >= 11 is 0. The fraction of sp³-hybridized carbons (Fsp3) is 0.261. The highest BCUT2D eigenvalue weighted by molar-refractivity contribution is 6.04. The first kappa shape index (κ1) is 19.2. The van der Waals surface area contributed by atoms with Gasteiger partial charge in [-0.15, -0.1) is 10.2 Å². The van der Waals surface area contributed by atoms with Gasteiger partial charge < -0.3 is 4.57 Å². The van der Waals surface area contributed by atoms with Crippen LogP contribution in [0.3, 0.4) is 0 Å². The first-order valence-corrected chi connectivity index (χ1v) is 10.4. The zero-order chi connectivity index (χ0) is 21.4. The zero-order valence-corrected chi connectivity index (χ0v) is 17.5. The third-order valence-corrected chi connectivity index (χ3v) is 5.37. The van der Waals surface area contributed by atoms with Gasteiger partial charge in [0, 0.05) is 23.7 Å². The summed E-state index contributed by atoms with van der Waals surface area (Å²) in [6, 6.07) is 13.3. The van der Waals surface area contributed by atoms with Crippen LogP contribution in [0.25, 0.3) is 11.4 Å². The third-order valence-electron chi connectivity index (χ3n) is 5.37. The number of pyridine rings is 1. The number of hydrogen-bond donors (Lipinski definition) is 0. The van der Waals surface area contributed by atoms with Gasteiger partial charge in [0.15, 0.2) is 5.82 Å². The first-order chi connectivity index (χ1) is 15.1. The maximum absolute atomic E-state index is 13.5. The number of rotatable bonds is 6. The van der Waals surface area contributed by atoms with E-state index in [1.807, 2.05) is 41.1 Å². The predicted octanol–water partition coefficient (Wildman–Crippen LogP) is 4.11. The van der Waals surface area contributed by atoms with E-state index < -0.39 is 0 Å². The number of anilines is 1. The molecule has 1 fully saturated rings. The van der Waals surface area contributed by atoms with Gasteiger partial charge in [-0.2, -0.15) is 0 Å². The number of carbonyl (C=O) groups is 1. The Morgan fingerprint density at radius 2 is 1.97 bits per heavy atom. The number of nitrogens with zero attached hydrogens (tertiary/aromatic N) is 7. The molecule has 0 atom stereocenters. The van der Waals surface area contributed by atoms with E-state index in [0.29, 0.717) is 17.3 Å². The van der Waals surface area contributed by atoms with Gasteiger partial charge in [0.1, 0.15) is 18.3 Å². The van der Waals surface area contributed by atoms with Crippen molar-refractivity contribution >= 4 is 11.6 Å². The summed E-state index contributed by atoms with van der Waals surface area (Å²) in [4.78, 5) is 22.3. The van der Waals surface area contributed by atoms with Crippen LogP contribution in [0.1, 0.15) is 54.8 Å². The van der Waals surface area contributed by atoms with Crippen LogP contribution in [0.5, 0.6) is 0 Å². The van der Waals surface area contributed by atoms with E-state index in [4.69, 9.17) is 0 Å². The van der Waals surface area contributed by atoms with Crippen LogP contribution in [-0.2, 0) is 0 Å². The fourth-order valence-electron chi connectivity index (χ4n) is 3.58. The number of imidazole rings is 1. The molecule has 5 rings (SSSR count). The highest BCUT2D eigenvalue weighted by Crippen LogP contribution is 2.39. The van der Waals surface area contributed by atoms with Crippen molar-refractivity contribution in [2.24, 2.45) is 0 Å². The average Bonchev–Trinajstić information content (AvgIpc) is 3.32. The van der Waals surface area contributed by atoms with Gasteiger partial charge in [-0.05, 0) is 51.0 Å². The predicted molar refractivity (Wildman–Crippen MR) is 116 cm³/mol. The molecular formula is C23H23N7O. The van der Waals surface area contributed by atoms with Gasteiger partial charge in [-0.25, -0.2) is 14.7 Å². The van der Waals surface area contributed by atoms with Crippen molar-refractivity contribution in [2.75, 3.05) is 5.01 Å². The van der Waals surface area contributed by atoms with E-state index in [1.165, 1.54) is 0 Å². The molecule has 1 aromatic carbocycles. The van der Waals surface area contributed by atoms with Crippen LogP contribution in [0.15, 0.2) is 67.5 Å². The maximum atomic E-state index is 13.5. The van der Waals surface area contributed by atoms with Crippen LogP contribution in [0.2, 0.25) is 0 Å². The molecule has 31 heavy (non-hydrogen) atoms. The Hall–Kier alpha value is -3.81. The van der Waals surface area contributed by atoms with Gasteiger partial charge in [0.2, 0.25) is 0 Å². The fourth-order valence-corrected chi connectivity index (χ4v) is 3.58. The number of benzene rings is 1. The first-order valence-electron chi connectivity index (χ1n) is 10.4. The Kier molecular flexibility index (Phi) is 4.82. The molecule has 4 aromatic rings. The molecule has 0 radical (unpaired) electrons. The summed E-state index contributed by atoms with van der Waals surface area (Å²) in [6.07, 6.45) is 9.26. The lowest BCUT2D eigenvalue weighted by atomic mass is 10.1. The Morgan fingerprint density at radius 3 is 2.71 bits per heavy atom. The summed E-state index contributed by atoms with van der Waals surface area (Å²) in [5.41, 5.74) is 2.95. The van der Waals surface area contributed by atoms with E-state index in [9.17, 15) is 4.79 Å². The van der Waals surface area contributed by atoms with E-state index in [-0.39, 0.29) is 11.9 Å². The van der Waals surface area contributed by atoms with Gasteiger partial charge >= 0.3 is 0 Å². The maximum Gasteiger partial charge on any atom is 0.296 e. The Balaban J connectivity index is 1.59. The van der Waals surface area contributed by atoms with Crippen molar-refractivity contribution in [3.63, 3.8) is 0 Å². The van der Waals surface area contributed by atoms with Crippen molar-refractivity contribution in [1.29, 1.82) is 0 Å². The second kappa shape index (κ2) is 7.79. The molecular weight excluding hydrogens is 390 g/mol. The van der Waals surface area contributed by atoms with Crippen molar-refractivity contribution in [2.45, 2.75) is 38.6 Å². The highest BCUT2D eigenvalue weighted by atomic mass is 16.2. The Labute approximate surface area is 180 Å². The number of amides is 1. The molecule has 0 bridgehead atoms. The van der Waals surface area contributed by atoms with Crippen LogP contribution in [-0.4, -0.2) is 35.3 Å². The molecule has 0 aliphatic heterocycles. The SMILES string of the molecule is CC(C)n1cnnc1-c1cccc(N(C(=O)c2ccccn2)n2cnc(C3CC3)c2)c1. The minimum atomic E-state index is -0.233. The topological polar surface area (TPSA) is 81.7 Å². The number of hydrogen-bond acceptors (Lipinski definition) is 5. The van der Waals surface area contributed by atoms with Crippen LogP contribution < -0.4 is 5.01 Å². The Morgan fingerprint density at radius 1 is 1.10 bits per heavy atom. The Bertz CT molecular complexity index is 1210. The monoisotopic (exact) mass is 413 g/mol. The van der Waals surface area contributed by atoms with E-state index >= 15 is 0 Å². The van der Waals surface area contributed by atoms with Gasteiger partial charge in [-0.3, -0.25) is 9.78 Å². The van der Waals surface area contributed by atoms with Gasteiger partial charge in [0.25, 0.3) is 5.91 Å². The van der Waals surface area contributed by atoms with Crippen molar-refractivity contribution in [3.8, 4) is 11.4 Å². The second-order valence-corrected chi connectivity index (χ2v) is 7.99. The molecule has 156 valence electrons. The normalized spacial score (nSPS) is 13.5. The number of aromatic nitrogens is 6. The lowest BCUT2D eigenvalue weighted by Gasteiger charge is -2.23. The zero-order valence-electron chi connectivity index (χ0n) is 17.5. The van der Waals surface area contributed by atoms with E-state index in [1.54, 1.807) is 40.7 Å². The van der Waals surface area contributed by atoms with Crippen molar-refractivity contribution < 1.29 is 4.79 Å². The third kappa shape index (κ3) is 3.72. The second-order valence-electron chi connectivity index (χ2n) is 7.99. The summed E-state index contributed by atoms with van der Waals surface area (Å²) in [7, 11) is 0. The van der Waals surface area contributed by atoms with E-state index in [0.717, 1.165) is 29.9 Å². The summed E-state index contributed by atoms with van der Waals surface area (Å²) in [6.45, 7) is 4.16.